The van der Waals surface area contributed by atoms with Crippen molar-refractivity contribution in [2.45, 2.75) is 23.5 Å². The Morgan fingerprint density at radius 2 is 1.56 bits per heavy atom. The minimum atomic E-state index is -4.18. The van der Waals surface area contributed by atoms with Gasteiger partial charge < -0.3 is 4.74 Å². The summed E-state index contributed by atoms with van der Waals surface area (Å²) in [5.74, 6) is -0.746. The number of carbonyl (C=O) groups is 2. The van der Waals surface area contributed by atoms with Crippen LogP contribution < -0.4 is 4.74 Å². The first-order valence-corrected chi connectivity index (χ1v) is 11.9. The first kappa shape index (κ1) is 24.0. The monoisotopic (exact) mass is 490 g/mol. The van der Waals surface area contributed by atoms with Crippen LogP contribution in [0.4, 0.5) is 0 Å². The van der Waals surface area contributed by atoms with Gasteiger partial charge in [0.1, 0.15) is 11.0 Å². The Balaban J connectivity index is 2.04. The van der Waals surface area contributed by atoms with Gasteiger partial charge >= 0.3 is 0 Å². The number of ketones is 2. The highest BCUT2D eigenvalue weighted by Crippen LogP contribution is 2.28. The van der Waals surface area contributed by atoms with Crippen molar-refractivity contribution in [3.05, 3.63) is 93.5 Å². The number of benzene rings is 3. The van der Waals surface area contributed by atoms with Crippen molar-refractivity contribution in [3.63, 3.8) is 0 Å². The molecular formula is C24H20Cl2O5S. The van der Waals surface area contributed by atoms with Crippen LogP contribution in [-0.4, -0.2) is 32.3 Å². The van der Waals surface area contributed by atoms with Crippen molar-refractivity contribution in [3.8, 4) is 5.75 Å². The van der Waals surface area contributed by atoms with Gasteiger partial charge in [0, 0.05) is 22.6 Å². The van der Waals surface area contributed by atoms with Gasteiger partial charge in [0.2, 0.25) is 0 Å². The number of hydrogen-bond donors (Lipinski definition) is 0. The molecule has 32 heavy (non-hydrogen) atoms. The van der Waals surface area contributed by atoms with Crippen molar-refractivity contribution >= 4 is 44.6 Å². The van der Waals surface area contributed by atoms with Crippen molar-refractivity contribution < 1.29 is 22.7 Å². The lowest BCUT2D eigenvalue weighted by Gasteiger charge is -2.17. The summed E-state index contributed by atoms with van der Waals surface area (Å²) in [5, 5.41) is -1.20. The van der Waals surface area contributed by atoms with Crippen LogP contribution in [0, 0.1) is 6.92 Å². The Kier molecular flexibility index (Phi) is 7.39. The minimum absolute atomic E-state index is 0.0371. The zero-order chi connectivity index (χ0) is 23.5. The molecular weight excluding hydrogens is 471 g/mol. The molecule has 8 heteroatoms. The lowest BCUT2D eigenvalue weighted by molar-refractivity contribution is 0.0920. The van der Waals surface area contributed by atoms with Crippen LogP contribution in [0.3, 0.4) is 0 Å². The predicted molar refractivity (Wildman–Crippen MR) is 125 cm³/mol. The Labute approximate surface area is 196 Å². The number of sulfone groups is 1. The first-order valence-electron chi connectivity index (χ1n) is 9.60. The van der Waals surface area contributed by atoms with E-state index in [1.54, 1.807) is 24.3 Å². The fourth-order valence-corrected chi connectivity index (χ4v) is 5.32. The third-order valence-corrected chi connectivity index (χ3v) is 7.60. The van der Waals surface area contributed by atoms with Gasteiger partial charge in [-0.1, -0.05) is 40.9 Å². The molecule has 0 aliphatic carbocycles. The average molecular weight is 491 g/mol. The highest BCUT2D eigenvalue weighted by molar-refractivity contribution is 7.92. The minimum Gasteiger partial charge on any atom is -0.497 e. The summed E-state index contributed by atoms with van der Waals surface area (Å²) in [6, 6.07) is 16.5. The van der Waals surface area contributed by atoms with E-state index in [-0.39, 0.29) is 21.0 Å². The van der Waals surface area contributed by atoms with E-state index >= 15 is 0 Å². The van der Waals surface area contributed by atoms with Crippen molar-refractivity contribution in [1.29, 1.82) is 0 Å². The number of rotatable bonds is 8. The van der Waals surface area contributed by atoms with E-state index in [4.69, 9.17) is 27.9 Å². The molecule has 3 aromatic rings. The highest BCUT2D eigenvalue weighted by atomic mass is 35.5. The predicted octanol–water partition coefficient (Wildman–Crippen LogP) is 5.61. The van der Waals surface area contributed by atoms with Crippen LogP contribution >= 0.6 is 23.2 Å². The summed E-state index contributed by atoms with van der Waals surface area (Å²) in [6.45, 7) is 1.82. The largest absolute Gasteiger partial charge is 0.497 e. The molecule has 0 fully saturated rings. The standard InChI is InChI=1S/C24H20Cl2O5S/c1-15-3-10-19(11-4-15)32(29,30)23(24(28)16-5-8-18(31-2)9-6-16)14-22(27)20-12-7-17(25)13-21(20)26/h3-13,23H,14H2,1-2H3/t23-/m0/s1. The highest BCUT2D eigenvalue weighted by Gasteiger charge is 2.37. The van der Waals surface area contributed by atoms with Gasteiger partial charge in [-0.15, -0.1) is 0 Å². The average Bonchev–Trinajstić information content (AvgIpc) is 2.77. The molecule has 0 aromatic heterocycles. The van der Waals surface area contributed by atoms with Gasteiger partial charge in [-0.3, -0.25) is 9.59 Å². The lowest BCUT2D eigenvalue weighted by atomic mass is 10.0. The molecule has 0 radical (unpaired) electrons. The summed E-state index contributed by atoms with van der Waals surface area (Å²) in [7, 11) is -2.69. The van der Waals surface area contributed by atoms with Crippen LogP contribution in [-0.2, 0) is 9.84 Å². The maximum Gasteiger partial charge on any atom is 0.189 e. The van der Waals surface area contributed by atoms with E-state index in [0.29, 0.717) is 10.8 Å². The number of hydrogen-bond acceptors (Lipinski definition) is 5. The van der Waals surface area contributed by atoms with Gasteiger partial charge in [-0.05, 0) is 61.5 Å². The maximum atomic E-state index is 13.4. The van der Waals surface area contributed by atoms with Crippen molar-refractivity contribution in [2.24, 2.45) is 0 Å². The van der Waals surface area contributed by atoms with Crippen LogP contribution in [0.2, 0.25) is 10.0 Å². The number of carbonyl (C=O) groups excluding carboxylic acids is 2. The summed E-state index contributed by atoms with van der Waals surface area (Å²) >= 11 is 12.0. The normalized spacial score (nSPS) is 12.2. The summed E-state index contributed by atoms with van der Waals surface area (Å²) in [5.41, 5.74) is 1.12. The summed E-state index contributed by atoms with van der Waals surface area (Å²) in [4.78, 5) is 26.3. The topological polar surface area (TPSA) is 77.5 Å². The van der Waals surface area contributed by atoms with E-state index in [2.05, 4.69) is 0 Å². The van der Waals surface area contributed by atoms with Crippen molar-refractivity contribution in [1.82, 2.24) is 0 Å². The van der Waals surface area contributed by atoms with Crippen LogP contribution in [0.15, 0.2) is 71.6 Å². The summed E-state index contributed by atoms with van der Waals surface area (Å²) in [6.07, 6.45) is -0.567. The van der Waals surface area contributed by atoms with Gasteiger partial charge in [0.15, 0.2) is 21.4 Å². The fourth-order valence-electron chi connectivity index (χ4n) is 3.17. The number of Topliss-reactive ketones (excluding diaryl/α,β-unsaturated/α-hetero) is 2. The fraction of sp³-hybridized carbons (Fsp3) is 0.167. The van der Waals surface area contributed by atoms with Crippen LogP contribution in [0.5, 0.6) is 5.75 Å². The number of halogens is 2. The third kappa shape index (κ3) is 5.21. The number of ether oxygens (including phenoxy) is 1. The second-order valence-electron chi connectivity index (χ2n) is 7.19. The Hall–Kier alpha value is -2.67. The molecule has 0 saturated heterocycles. The molecule has 0 aliphatic heterocycles. The van der Waals surface area contributed by atoms with E-state index < -0.39 is 33.1 Å². The molecule has 0 spiro atoms. The molecule has 0 saturated carbocycles. The van der Waals surface area contributed by atoms with Crippen LogP contribution in [0.1, 0.15) is 32.7 Å². The molecule has 0 N–H and O–H groups in total. The molecule has 0 unspecified atom stereocenters. The second kappa shape index (κ2) is 9.86. The molecule has 0 bridgehead atoms. The van der Waals surface area contributed by atoms with E-state index in [9.17, 15) is 18.0 Å². The van der Waals surface area contributed by atoms with E-state index in [0.717, 1.165) is 5.56 Å². The van der Waals surface area contributed by atoms with E-state index in [1.807, 2.05) is 6.92 Å². The molecule has 5 nitrogen and oxygen atoms in total. The Morgan fingerprint density at radius 3 is 2.12 bits per heavy atom. The third-order valence-electron chi connectivity index (χ3n) is 4.99. The van der Waals surface area contributed by atoms with Gasteiger partial charge in [-0.2, -0.15) is 0 Å². The lowest BCUT2D eigenvalue weighted by Crippen LogP contribution is -2.33. The number of methoxy groups -OCH3 is 1. The molecule has 0 heterocycles. The molecule has 1 atom stereocenters. The molecule has 3 aromatic carbocycles. The SMILES string of the molecule is COc1ccc(C(=O)[C@H](CC(=O)c2ccc(Cl)cc2Cl)S(=O)(=O)c2ccc(C)cc2)cc1. The van der Waals surface area contributed by atoms with Crippen molar-refractivity contribution in [2.75, 3.05) is 7.11 Å². The van der Waals surface area contributed by atoms with Gasteiger partial charge in [-0.25, -0.2) is 8.42 Å². The molecule has 0 aliphatic rings. The zero-order valence-corrected chi connectivity index (χ0v) is 19.7. The smallest absolute Gasteiger partial charge is 0.189 e. The second-order valence-corrected chi connectivity index (χ2v) is 10.2. The van der Waals surface area contributed by atoms with Crippen LogP contribution in [0.25, 0.3) is 0 Å². The zero-order valence-electron chi connectivity index (χ0n) is 17.3. The molecule has 0 amide bonds. The summed E-state index contributed by atoms with van der Waals surface area (Å²) < 4.78 is 32.0. The van der Waals surface area contributed by atoms with Gasteiger partial charge in [0.25, 0.3) is 0 Å². The van der Waals surface area contributed by atoms with Gasteiger partial charge in [0.05, 0.1) is 17.0 Å². The Morgan fingerprint density at radius 1 is 0.938 bits per heavy atom. The first-order chi connectivity index (χ1) is 15.1. The Bertz CT molecular complexity index is 1250. The quantitative estimate of drug-likeness (QED) is 0.383. The maximum absolute atomic E-state index is 13.4. The molecule has 3 rings (SSSR count). The number of aryl methyl sites for hydroxylation is 1. The molecule has 166 valence electrons. The van der Waals surface area contributed by atoms with E-state index in [1.165, 1.54) is 49.6 Å².